The number of rotatable bonds is 10. The lowest BCUT2D eigenvalue weighted by atomic mass is 10.1. The molecule has 0 aliphatic rings. The van der Waals surface area contributed by atoms with Crippen molar-refractivity contribution < 1.29 is 18.0 Å². The van der Waals surface area contributed by atoms with Crippen molar-refractivity contribution in [2.45, 2.75) is 52.7 Å². The van der Waals surface area contributed by atoms with E-state index in [1.54, 1.807) is 43.3 Å². The van der Waals surface area contributed by atoms with Crippen molar-refractivity contribution in [2.75, 3.05) is 17.1 Å². The van der Waals surface area contributed by atoms with Crippen LogP contribution in [-0.4, -0.2) is 50.0 Å². The first-order valence-corrected chi connectivity index (χ1v) is 13.5. The third kappa shape index (κ3) is 7.61. The molecule has 34 heavy (non-hydrogen) atoms. The summed E-state index contributed by atoms with van der Waals surface area (Å²) < 4.78 is 26.2. The van der Waals surface area contributed by atoms with Crippen LogP contribution in [0.15, 0.2) is 42.5 Å². The molecule has 2 atom stereocenters. The highest BCUT2D eigenvalue weighted by atomic mass is 35.5. The Labute approximate surface area is 212 Å². The van der Waals surface area contributed by atoms with Crippen molar-refractivity contribution in [3.8, 4) is 0 Å². The topological polar surface area (TPSA) is 86.8 Å². The Balaban J connectivity index is 2.42. The van der Waals surface area contributed by atoms with Gasteiger partial charge < -0.3 is 10.2 Å². The van der Waals surface area contributed by atoms with Gasteiger partial charge in [-0.15, -0.1) is 0 Å². The predicted molar refractivity (Wildman–Crippen MR) is 138 cm³/mol. The molecule has 0 saturated heterocycles. The number of sulfonamides is 1. The summed E-state index contributed by atoms with van der Waals surface area (Å²) in [5.41, 5.74) is 1.81. The highest BCUT2D eigenvalue weighted by molar-refractivity contribution is 7.92. The van der Waals surface area contributed by atoms with Crippen molar-refractivity contribution in [1.82, 2.24) is 10.2 Å². The molecule has 0 saturated carbocycles. The molecule has 0 unspecified atom stereocenters. The smallest absolute Gasteiger partial charge is 0.244 e. The van der Waals surface area contributed by atoms with E-state index in [4.69, 9.17) is 23.2 Å². The van der Waals surface area contributed by atoms with Gasteiger partial charge in [0, 0.05) is 22.6 Å². The van der Waals surface area contributed by atoms with E-state index in [0.717, 1.165) is 22.5 Å². The van der Waals surface area contributed by atoms with Crippen LogP contribution in [-0.2, 0) is 26.2 Å². The maximum absolute atomic E-state index is 13.5. The molecule has 0 radical (unpaired) electrons. The van der Waals surface area contributed by atoms with Crippen molar-refractivity contribution >= 4 is 50.7 Å². The van der Waals surface area contributed by atoms with Gasteiger partial charge in [0.2, 0.25) is 21.8 Å². The minimum Gasteiger partial charge on any atom is -0.352 e. The van der Waals surface area contributed by atoms with Crippen LogP contribution >= 0.6 is 23.2 Å². The Bertz CT molecular complexity index is 1140. The monoisotopic (exact) mass is 527 g/mol. The first kappa shape index (κ1) is 28.0. The zero-order chi connectivity index (χ0) is 25.6. The second-order valence-electron chi connectivity index (χ2n) is 8.36. The Hall–Kier alpha value is -2.29. The minimum absolute atomic E-state index is 0.00927. The number of carbonyl (C=O) groups excluding carboxylic acids is 2. The minimum atomic E-state index is -3.78. The first-order chi connectivity index (χ1) is 15.8. The van der Waals surface area contributed by atoms with E-state index >= 15 is 0 Å². The summed E-state index contributed by atoms with van der Waals surface area (Å²) in [4.78, 5) is 27.7. The molecule has 10 heteroatoms. The number of nitrogens with one attached hydrogen (secondary N) is 1. The van der Waals surface area contributed by atoms with Gasteiger partial charge in [-0.25, -0.2) is 8.42 Å². The van der Waals surface area contributed by atoms with Crippen molar-refractivity contribution in [1.29, 1.82) is 0 Å². The van der Waals surface area contributed by atoms with Crippen LogP contribution in [0.25, 0.3) is 0 Å². The molecule has 7 nitrogen and oxygen atoms in total. The molecule has 186 valence electrons. The van der Waals surface area contributed by atoms with Gasteiger partial charge in [-0.1, -0.05) is 48.3 Å². The van der Waals surface area contributed by atoms with Gasteiger partial charge in [0.15, 0.2) is 0 Å². The van der Waals surface area contributed by atoms with E-state index in [1.807, 2.05) is 26.8 Å². The van der Waals surface area contributed by atoms with Crippen LogP contribution in [0.4, 0.5) is 5.69 Å². The van der Waals surface area contributed by atoms with Gasteiger partial charge in [-0.05, 0) is 62.6 Å². The van der Waals surface area contributed by atoms with Crippen LogP contribution in [0.1, 0.15) is 38.3 Å². The molecule has 0 heterocycles. The Morgan fingerprint density at radius 1 is 1.09 bits per heavy atom. The number of carbonyl (C=O) groups is 2. The molecule has 0 spiro atoms. The van der Waals surface area contributed by atoms with Crippen LogP contribution < -0.4 is 9.62 Å². The molecule has 0 aliphatic carbocycles. The average Bonchev–Trinajstić information content (AvgIpc) is 2.75. The summed E-state index contributed by atoms with van der Waals surface area (Å²) in [5.74, 6) is -0.876. The number of halogens is 2. The number of hydrogen-bond acceptors (Lipinski definition) is 4. The largest absolute Gasteiger partial charge is 0.352 e. The maximum atomic E-state index is 13.5. The van der Waals surface area contributed by atoms with Crippen LogP contribution in [0.3, 0.4) is 0 Å². The van der Waals surface area contributed by atoms with Crippen LogP contribution in [0.5, 0.6) is 0 Å². The van der Waals surface area contributed by atoms with E-state index in [0.29, 0.717) is 21.3 Å². The molecule has 0 bridgehead atoms. The lowest BCUT2D eigenvalue weighted by Gasteiger charge is -2.32. The standard InChI is InChI=1S/C24H31Cl2N3O4S/c1-6-17(3)27-24(31)18(4)28(14-19-10-11-20(25)13-22(19)26)23(30)15-29(34(5,32)33)21-9-7-8-16(2)12-21/h7-13,17-18H,6,14-15H2,1-5H3,(H,27,31)/t17-,18+/m1/s1. The number of aryl methyl sites for hydroxylation is 1. The summed E-state index contributed by atoms with van der Waals surface area (Å²) in [6.07, 6.45) is 1.77. The number of anilines is 1. The van der Waals surface area contributed by atoms with E-state index in [-0.39, 0.29) is 18.5 Å². The predicted octanol–water partition coefficient (Wildman–Crippen LogP) is 4.40. The summed E-state index contributed by atoms with van der Waals surface area (Å²) >= 11 is 12.3. The summed E-state index contributed by atoms with van der Waals surface area (Å²) in [5, 5.41) is 3.67. The van der Waals surface area contributed by atoms with Crippen molar-refractivity contribution in [3.05, 3.63) is 63.6 Å². The Morgan fingerprint density at radius 3 is 2.32 bits per heavy atom. The molecule has 1 N–H and O–H groups in total. The second kappa shape index (κ2) is 11.9. The molecular weight excluding hydrogens is 497 g/mol. The van der Waals surface area contributed by atoms with E-state index in [2.05, 4.69) is 5.32 Å². The van der Waals surface area contributed by atoms with E-state index < -0.39 is 28.5 Å². The average molecular weight is 529 g/mol. The third-order valence-corrected chi connectivity index (χ3v) is 7.22. The fraction of sp³-hybridized carbons (Fsp3) is 0.417. The van der Waals surface area contributed by atoms with Gasteiger partial charge in [0.05, 0.1) is 11.9 Å². The van der Waals surface area contributed by atoms with Crippen LogP contribution in [0, 0.1) is 6.92 Å². The summed E-state index contributed by atoms with van der Waals surface area (Å²) in [7, 11) is -3.78. The first-order valence-electron chi connectivity index (χ1n) is 10.9. The lowest BCUT2D eigenvalue weighted by molar-refractivity contribution is -0.139. The van der Waals surface area contributed by atoms with Gasteiger partial charge >= 0.3 is 0 Å². The fourth-order valence-electron chi connectivity index (χ4n) is 3.28. The molecule has 2 aromatic carbocycles. The van der Waals surface area contributed by atoms with Gasteiger partial charge in [0.1, 0.15) is 12.6 Å². The summed E-state index contributed by atoms with van der Waals surface area (Å²) in [6, 6.07) is 10.8. The molecule has 0 aliphatic heterocycles. The third-order valence-electron chi connectivity index (χ3n) is 5.49. The molecule has 2 aromatic rings. The van der Waals surface area contributed by atoms with Gasteiger partial charge in [0.25, 0.3) is 0 Å². The second-order valence-corrected chi connectivity index (χ2v) is 11.1. The fourth-order valence-corrected chi connectivity index (χ4v) is 4.59. The Morgan fingerprint density at radius 2 is 1.76 bits per heavy atom. The lowest BCUT2D eigenvalue weighted by Crippen LogP contribution is -2.52. The van der Waals surface area contributed by atoms with Gasteiger partial charge in [-0.3, -0.25) is 13.9 Å². The maximum Gasteiger partial charge on any atom is 0.244 e. The van der Waals surface area contributed by atoms with Crippen molar-refractivity contribution in [2.24, 2.45) is 0 Å². The zero-order valence-corrected chi connectivity index (χ0v) is 22.3. The highest BCUT2D eigenvalue weighted by Crippen LogP contribution is 2.24. The van der Waals surface area contributed by atoms with E-state index in [9.17, 15) is 18.0 Å². The molecule has 2 amide bonds. The quantitative estimate of drug-likeness (QED) is 0.495. The highest BCUT2D eigenvalue weighted by Gasteiger charge is 2.30. The summed E-state index contributed by atoms with van der Waals surface area (Å²) in [6.45, 7) is 6.80. The molecular formula is C24H31Cl2N3O4S. The van der Waals surface area contributed by atoms with Gasteiger partial charge in [-0.2, -0.15) is 0 Å². The Kier molecular flexibility index (Phi) is 9.79. The molecule has 0 fully saturated rings. The van der Waals surface area contributed by atoms with Crippen molar-refractivity contribution in [3.63, 3.8) is 0 Å². The number of hydrogen-bond donors (Lipinski definition) is 1. The zero-order valence-electron chi connectivity index (χ0n) is 20.0. The van der Waals surface area contributed by atoms with Crippen LogP contribution in [0.2, 0.25) is 10.0 Å². The number of nitrogens with zero attached hydrogens (tertiary/aromatic N) is 2. The molecule has 2 rings (SSSR count). The normalized spacial score (nSPS) is 13.1. The van der Waals surface area contributed by atoms with E-state index in [1.165, 1.54) is 4.90 Å². The number of amides is 2. The SMILES string of the molecule is CC[C@@H](C)NC(=O)[C@H](C)N(Cc1ccc(Cl)cc1Cl)C(=O)CN(c1cccc(C)c1)S(C)(=O)=O. The molecule has 0 aromatic heterocycles. The number of benzene rings is 2.